The van der Waals surface area contributed by atoms with Gasteiger partial charge in [0.25, 0.3) is 0 Å². The Morgan fingerprint density at radius 2 is 2.05 bits per heavy atom. The van der Waals surface area contributed by atoms with Crippen LogP contribution in [0, 0.1) is 22.7 Å². The number of thiol groups is 1. The Balaban J connectivity index is 2.64. The zero-order valence-electron chi connectivity index (χ0n) is 12.3. The predicted octanol–water partition coefficient (Wildman–Crippen LogP) is 3.58. The van der Waals surface area contributed by atoms with Gasteiger partial charge < -0.3 is 4.90 Å². The zero-order chi connectivity index (χ0) is 14.5. The summed E-state index contributed by atoms with van der Waals surface area (Å²) in [6.45, 7) is 8.67. The maximum absolute atomic E-state index is 8.91. The molecule has 1 unspecified atom stereocenters. The second-order valence-electron chi connectivity index (χ2n) is 6.25. The Hall–Kier alpha value is -0.980. The molecule has 0 radical (unpaired) electrons. The van der Waals surface area contributed by atoms with Gasteiger partial charge in [-0.3, -0.25) is 0 Å². The summed E-state index contributed by atoms with van der Waals surface area (Å²) in [7, 11) is 2.13. The summed E-state index contributed by atoms with van der Waals surface area (Å²) in [4.78, 5) is 2.31. The third-order valence-corrected chi connectivity index (χ3v) is 3.93. The van der Waals surface area contributed by atoms with Crippen LogP contribution in [0.25, 0.3) is 0 Å². The quantitative estimate of drug-likeness (QED) is 0.832. The first-order chi connectivity index (χ1) is 8.86. The monoisotopic (exact) mass is 276 g/mol. The van der Waals surface area contributed by atoms with Crippen LogP contribution in [0.1, 0.15) is 31.9 Å². The Bertz CT molecular complexity index is 443. The average Bonchev–Trinajstić information content (AvgIpc) is 2.34. The fourth-order valence-corrected chi connectivity index (χ4v) is 2.76. The molecule has 0 aliphatic rings. The van der Waals surface area contributed by atoms with Crippen molar-refractivity contribution in [1.29, 1.82) is 5.26 Å². The van der Waals surface area contributed by atoms with Crippen LogP contribution in [0.15, 0.2) is 24.3 Å². The van der Waals surface area contributed by atoms with E-state index >= 15 is 0 Å². The molecule has 1 aromatic rings. The van der Waals surface area contributed by atoms with E-state index in [2.05, 4.69) is 57.5 Å². The molecule has 0 aliphatic carbocycles. The lowest BCUT2D eigenvalue weighted by Crippen LogP contribution is -2.34. The summed E-state index contributed by atoms with van der Waals surface area (Å²) in [5.41, 5.74) is 2.19. The molecule has 1 atom stereocenters. The first kappa shape index (κ1) is 16.1. The summed E-state index contributed by atoms with van der Waals surface area (Å²) in [5.74, 6) is 1.45. The van der Waals surface area contributed by atoms with Gasteiger partial charge in [0.2, 0.25) is 0 Å². The van der Waals surface area contributed by atoms with Crippen molar-refractivity contribution in [3.63, 3.8) is 0 Å². The lowest BCUT2D eigenvalue weighted by molar-refractivity contribution is 0.183. The van der Waals surface area contributed by atoms with Gasteiger partial charge in [-0.25, -0.2) is 0 Å². The highest BCUT2D eigenvalue weighted by atomic mass is 32.1. The second-order valence-corrected chi connectivity index (χ2v) is 6.62. The topological polar surface area (TPSA) is 27.0 Å². The van der Waals surface area contributed by atoms with Crippen LogP contribution >= 0.6 is 12.6 Å². The normalized spacial score (nSPS) is 13.3. The number of nitrogens with zero attached hydrogens (tertiary/aromatic N) is 2. The maximum Gasteiger partial charge on any atom is 0.0991 e. The summed E-state index contributed by atoms with van der Waals surface area (Å²) < 4.78 is 0. The highest BCUT2D eigenvalue weighted by Crippen LogP contribution is 2.27. The molecular formula is C16H24N2S. The molecule has 0 aliphatic heterocycles. The average molecular weight is 276 g/mol. The van der Waals surface area contributed by atoms with Crippen LogP contribution in [0.4, 0.5) is 0 Å². The first-order valence-corrected chi connectivity index (χ1v) is 7.28. The molecule has 19 heavy (non-hydrogen) atoms. The van der Waals surface area contributed by atoms with Gasteiger partial charge in [-0.2, -0.15) is 17.9 Å². The molecule has 0 fully saturated rings. The van der Waals surface area contributed by atoms with Gasteiger partial charge in [0, 0.05) is 13.1 Å². The van der Waals surface area contributed by atoms with E-state index in [0.29, 0.717) is 5.92 Å². The number of rotatable bonds is 5. The van der Waals surface area contributed by atoms with Gasteiger partial charge in [0.1, 0.15) is 0 Å². The van der Waals surface area contributed by atoms with Gasteiger partial charge in [-0.15, -0.1) is 0 Å². The van der Waals surface area contributed by atoms with E-state index < -0.39 is 0 Å². The Kier molecular flexibility index (Phi) is 5.90. The summed E-state index contributed by atoms with van der Waals surface area (Å²) in [6.07, 6.45) is 0. The molecule has 3 heteroatoms. The second kappa shape index (κ2) is 6.98. The van der Waals surface area contributed by atoms with Crippen LogP contribution < -0.4 is 0 Å². The fourth-order valence-electron chi connectivity index (χ4n) is 2.10. The molecule has 0 aromatic heterocycles. The van der Waals surface area contributed by atoms with E-state index in [1.54, 1.807) is 0 Å². The van der Waals surface area contributed by atoms with Crippen LogP contribution in [0.3, 0.4) is 0 Å². The van der Waals surface area contributed by atoms with Crippen molar-refractivity contribution < 1.29 is 0 Å². The summed E-state index contributed by atoms with van der Waals surface area (Å²) >= 11 is 4.47. The number of benzene rings is 1. The molecule has 0 spiro atoms. The van der Waals surface area contributed by atoms with Gasteiger partial charge >= 0.3 is 0 Å². The van der Waals surface area contributed by atoms with Crippen LogP contribution in [-0.2, 0) is 6.54 Å². The standard InChI is InChI=1S/C16H24N2S/c1-16(2,3)15(12-19)11-18(4)10-14-7-5-6-13(8-14)9-17/h5-8,15,19H,10-12H2,1-4H3. The van der Waals surface area contributed by atoms with E-state index in [0.717, 1.165) is 24.4 Å². The summed E-state index contributed by atoms with van der Waals surface area (Å²) in [5, 5.41) is 8.91. The molecule has 0 saturated heterocycles. The van der Waals surface area contributed by atoms with Crippen molar-refractivity contribution in [1.82, 2.24) is 4.90 Å². The van der Waals surface area contributed by atoms with Crippen LogP contribution in [-0.4, -0.2) is 24.2 Å². The predicted molar refractivity (Wildman–Crippen MR) is 84.3 cm³/mol. The number of hydrogen-bond acceptors (Lipinski definition) is 3. The van der Waals surface area contributed by atoms with E-state index in [1.165, 1.54) is 5.56 Å². The third-order valence-electron chi connectivity index (χ3n) is 3.49. The van der Waals surface area contributed by atoms with Gasteiger partial charge in [0.05, 0.1) is 11.6 Å². The molecule has 0 heterocycles. The minimum absolute atomic E-state index is 0.268. The molecule has 1 aromatic carbocycles. The van der Waals surface area contributed by atoms with Crippen molar-refractivity contribution in [3.8, 4) is 6.07 Å². The Morgan fingerprint density at radius 3 is 2.58 bits per heavy atom. The summed E-state index contributed by atoms with van der Waals surface area (Å²) in [6, 6.07) is 10.0. The van der Waals surface area contributed by atoms with Crippen molar-refractivity contribution in [2.75, 3.05) is 19.3 Å². The van der Waals surface area contributed by atoms with E-state index in [9.17, 15) is 0 Å². The molecule has 0 saturated carbocycles. The van der Waals surface area contributed by atoms with E-state index in [-0.39, 0.29) is 5.41 Å². The van der Waals surface area contributed by atoms with Gasteiger partial charge in [-0.1, -0.05) is 32.9 Å². The number of hydrogen-bond donors (Lipinski definition) is 1. The largest absolute Gasteiger partial charge is 0.302 e. The first-order valence-electron chi connectivity index (χ1n) is 6.65. The number of nitriles is 1. The highest BCUT2D eigenvalue weighted by molar-refractivity contribution is 7.80. The van der Waals surface area contributed by atoms with Crippen molar-refractivity contribution in [2.24, 2.45) is 11.3 Å². The minimum atomic E-state index is 0.268. The molecule has 0 amide bonds. The molecular weight excluding hydrogens is 252 g/mol. The highest BCUT2D eigenvalue weighted by Gasteiger charge is 2.24. The van der Waals surface area contributed by atoms with E-state index in [1.807, 2.05) is 18.2 Å². The third kappa shape index (κ3) is 5.26. The lowest BCUT2D eigenvalue weighted by atomic mass is 9.81. The van der Waals surface area contributed by atoms with Crippen molar-refractivity contribution in [3.05, 3.63) is 35.4 Å². The Labute approximate surface area is 122 Å². The van der Waals surface area contributed by atoms with Crippen molar-refractivity contribution in [2.45, 2.75) is 27.3 Å². The van der Waals surface area contributed by atoms with Gasteiger partial charge in [0.15, 0.2) is 0 Å². The van der Waals surface area contributed by atoms with Crippen molar-refractivity contribution >= 4 is 12.6 Å². The Morgan fingerprint density at radius 1 is 1.37 bits per heavy atom. The molecule has 104 valence electrons. The van der Waals surface area contributed by atoms with Gasteiger partial charge in [-0.05, 0) is 41.8 Å². The molecule has 2 nitrogen and oxygen atoms in total. The maximum atomic E-state index is 8.91. The zero-order valence-corrected chi connectivity index (χ0v) is 13.2. The van der Waals surface area contributed by atoms with Crippen LogP contribution in [0.5, 0.6) is 0 Å². The SMILES string of the molecule is CN(Cc1cccc(C#N)c1)CC(CS)C(C)(C)C. The molecule has 0 bridgehead atoms. The van der Waals surface area contributed by atoms with Crippen LogP contribution in [0.2, 0.25) is 0 Å². The molecule has 0 N–H and O–H groups in total. The smallest absolute Gasteiger partial charge is 0.0991 e. The fraction of sp³-hybridized carbons (Fsp3) is 0.562. The lowest BCUT2D eigenvalue weighted by Gasteiger charge is -2.33. The van der Waals surface area contributed by atoms with E-state index in [4.69, 9.17) is 5.26 Å². The minimum Gasteiger partial charge on any atom is -0.302 e. The molecule has 1 rings (SSSR count).